The molecule has 2 aromatic carbocycles. The van der Waals surface area contributed by atoms with Crippen LogP contribution >= 0.6 is 0 Å². The Hall–Kier alpha value is -3.40. The predicted molar refractivity (Wildman–Crippen MR) is 140 cm³/mol. The molecule has 5 N–H and O–H groups in total. The lowest BCUT2D eigenvalue weighted by molar-refractivity contribution is -0.137. The Kier molecular flexibility index (Phi) is 10.5. The molecule has 38 heavy (non-hydrogen) atoms. The molecule has 3 amide bonds. The van der Waals surface area contributed by atoms with Gasteiger partial charge in [-0.05, 0) is 67.1 Å². The van der Waals surface area contributed by atoms with Gasteiger partial charge in [0.05, 0.1) is 12.1 Å². The molecule has 0 radical (unpaired) electrons. The molecule has 208 valence electrons. The van der Waals surface area contributed by atoms with Crippen molar-refractivity contribution >= 4 is 17.7 Å². The maximum absolute atomic E-state index is 12.9. The summed E-state index contributed by atoms with van der Waals surface area (Å²) >= 11 is 0. The molecule has 0 aliphatic carbocycles. The summed E-state index contributed by atoms with van der Waals surface area (Å²) in [5, 5.41) is 8.28. The van der Waals surface area contributed by atoms with Gasteiger partial charge in [0, 0.05) is 5.56 Å². The van der Waals surface area contributed by atoms with Gasteiger partial charge in [-0.2, -0.15) is 13.2 Å². The minimum atomic E-state index is -4.60. The Morgan fingerprint density at radius 2 is 1.55 bits per heavy atom. The molecule has 0 heterocycles. The molecule has 10 heteroatoms. The minimum absolute atomic E-state index is 0.202. The van der Waals surface area contributed by atoms with E-state index < -0.39 is 47.0 Å². The Balaban J connectivity index is 1.98. The molecular formula is C28H37F3N4O3. The monoisotopic (exact) mass is 534 g/mol. The number of hydrogen-bond acceptors (Lipinski definition) is 4. The van der Waals surface area contributed by atoms with Crippen molar-refractivity contribution in [2.75, 3.05) is 19.6 Å². The van der Waals surface area contributed by atoms with Gasteiger partial charge in [-0.15, -0.1) is 0 Å². The highest BCUT2D eigenvalue weighted by Crippen LogP contribution is 2.33. The quantitative estimate of drug-likeness (QED) is 0.312. The van der Waals surface area contributed by atoms with Crippen LogP contribution in [0.5, 0.6) is 0 Å². The fourth-order valence-corrected chi connectivity index (χ4v) is 4.14. The van der Waals surface area contributed by atoms with Crippen LogP contribution in [0.1, 0.15) is 61.2 Å². The summed E-state index contributed by atoms with van der Waals surface area (Å²) < 4.78 is 38.8. The SMILES string of the molecule is CCc1ccc(CCNCCC(NC(=O)CNC(=O)c2cccc(C(F)(F)F)c2)(C(N)=O)C(C)(C)C)cc1. The Morgan fingerprint density at radius 3 is 2.11 bits per heavy atom. The molecule has 0 fully saturated rings. The fourth-order valence-electron chi connectivity index (χ4n) is 4.14. The highest BCUT2D eigenvalue weighted by Gasteiger charge is 2.48. The molecule has 7 nitrogen and oxygen atoms in total. The number of rotatable bonds is 12. The van der Waals surface area contributed by atoms with Gasteiger partial charge in [-0.25, -0.2) is 0 Å². The zero-order chi connectivity index (χ0) is 28.6. The summed E-state index contributed by atoms with van der Waals surface area (Å²) in [6.45, 7) is 7.93. The van der Waals surface area contributed by atoms with Crippen molar-refractivity contribution in [2.45, 2.75) is 58.7 Å². The molecule has 0 bridgehead atoms. The third-order valence-corrected chi connectivity index (χ3v) is 6.61. The molecule has 0 saturated heterocycles. The topological polar surface area (TPSA) is 113 Å². The van der Waals surface area contributed by atoms with Gasteiger partial charge in [0.2, 0.25) is 11.8 Å². The van der Waals surface area contributed by atoms with E-state index in [-0.39, 0.29) is 12.0 Å². The second kappa shape index (κ2) is 12.9. The summed E-state index contributed by atoms with van der Waals surface area (Å²) in [5.74, 6) is -2.25. The van der Waals surface area contributed by atoms with E-state index in [0.717, 1.165) is 25.0 Å². The van der Waals surface area contributed by atoms with Crippen molar-refractivity contribution in [3.63, 3.8) is 0 Å². The van der Waals surface area contributed by atoms with Crippen molar-refractivity contribution in [1.82, 2.24) is 16.0 Å². The average Bonchev–Trinajstić information content (AvgIpc) is 2.85. The molecule has 1 unspecified atom stereocenters. The lowest BCUT2D eigenvalue weighted by atomic mass is 9.70. The van der Waals surface area contributed by atoms with Gasteiger partial charge in [0.25, 0.3) is 5.91 Å². The predicted octanol–water partition coefficient (Wildman–Crippen LogP) is 3.61. The average molecular weight is 535 g/mol. The summed E-state index contributed by atoms with van der Waals surface area (Å²) in [6.07, 6.45) is -2.64. The van der Waals surface area contributed by atoms with E-state index in [9.17, 15) is 27.6 Å². The van der Waals surface area contributed by atoms with E-state index in [1.54, 1.807) is 20.8 Å². The van der Waals surface area contributed by atoms with Crippen LogP contribution in [0.4, 0.5) is 13.2 Å². The summed E-state index contributed by atoms with van der Waals surface area (Å²) in [4.78, 5) is 37.8. The Morgan fingerprint density at radius 1 is 0.921 bits per heavy atom. The maximum Gasteiger partial charge on any atom is 0.416 e. The second-order valence-electron chi connectivity index (χ2n) is 10.2. The van der Waals surface area contributed by atoms with Crippen LogP contribution in [-0.2, 0) is 28.6 Å². The largest absolute Gasteiger partial charge is 0.416 e. The highest BCUT2D eigenvalue weighted by molar-refractivity contribution is 5.97. The lowest BCUT2D eigenvalue weighted by Gasteiger charge is -2.43. The lowest BCUT2D eigenvalue weighted by Crippen LogP contribution is -2.66. The fraction of sp³-hybridized carbons (Fsp3) is 0.464. The van der Waals surface area contributed by atoms with Crippen LogP contribution in [0.25, 0.3) is 0 Å². The number of amides is 3. The third-order valence-electron chi connectivity index (χ3n) is 6.61. The molecule has 0 aliphatic rings. The van der Waals surface area contributed by atoms with Crippen molar-refractivity contribution in [1.29, 1.82) is 0 Å². The van der Waals surface area contributed by atoms with E-state index >= 15 is 0 Å². The molecule has 0 aliphatic heterocycles. The van der Waals surface area contributed by atoms with Crippen LogP contribution in [-0.4, -0.2) is 42.9 Å². The van der Waals surface area contributed by atoms with Crippen LogP contribution in [0.3, 0.4) is 0 Å². The normalized spacial score (nSPS) is 13.4. The maximum atomic E-state index is 12.9. The molecule has 2 aromatic rings. The van der Waals surface area contributed by atoms with Crippen molar-refractivity contribution in [3.8, 4) is 0 Å². The van der Waals surface area contributed by atoms with E-state index in [2.05, 4.69) is 47.1 Å². The summed E-state index contributed by atoms with van der Waals surface area (Å²) in [5.41, 5.74) is 4.80. The number of hydrogen-bond donors (Lipinski definition) is 4. The zero-order valence-electron chi connectivity index (χ0n) is 22.3. The number of carbonyl (C=O) groups is 3. The first kappa shape index (κ1) is 30.8. The first-order valence-electron chi connectivity index (χ1n) is 12.5. The highest BCUT2D eigenvalue weighted by atomic mass is 19.4. The summed E-state index contributed by atoms with van der Waals surface area (Å²) in [7, 11) is 0. The van der Waals surface area contributed by atoms with Gasteiger partial charge < -0.3 is 21.7 Å². The van der Waals surface area contributed by atoms with Crippen LogP contribution in [0.15, 0.2) is 48.5 Å². The smallest absolute Gasteiger partial charge is 0.368 e. The first-order valence-corrected chi connectivity index (χ1v) is 12.5. The van der Waals surface area contributed by atoms with Gasteiger partial charge in [-0.1, -0.05) is 58.0 Å². The molecule has 0 saturated carbocycles. The standard InChI is InChI=1S/C28H37F3N4O3/c1-5-19-9-11-20(12-10-19)13-15-33-16-14-27(25(32)38,26(2,3)4)35-23(36)18-34-24(37)21-7-6-8-22(17-21)28(29,30)31/h6-12,17,33H,5,13-16,18H2,1-4H3,(H2,32,38)(H,34,37)(H,35,36). The molecular weight excluding hydrogens is 497 g/mol. The van der Waals surface area contributed by atoms with Gasteiger partial charge in [0.15, 0.2) is 0 Å². The van der Waals surface area contributed by atoms with E-state index in [0.29, 0.717) is 19.2 Å². The van der Waals surface area contributed by atoms with E-state index in [1.807, 2.05) is 0 Å². The third kappa shape index (κ3) is 8.31. The van der Waals surface area contributed by atoms with E-state index in [1.165, 1.54) is 17.2 Å². The molecule has 2 rings (SSSR count). The zero-order valence-corrected chi connectivity index (χ0v) is 22.3. The number of primary amides is 1. The molecule has 1 atom stereocenters. The number of alkyl halides is 3. The van der Waals surface area contributed by atoms with Gasteiger partial charge in [-0.3, -0.25) is 14.4 Å². The number of benzene rings is 2. The van der Waals surface area contributed by atoms with Gasteiger partial charge >= 0.3 is 6.18 Å². The van der Waals surface area contributed by atoms with Crippen LogP contribution in [0.2, 0.25) is 0 Å². The summed E-state index contributed by atoms with van der Waals surface area (Å²) in [6, 6.07) is 12.2. The van der Waals surface area contributed by atoms with Crippen LogP contribution in [0, 0.1) is 5.41 Å². The van der Waals surface area contributed by atoms with Crippen molar-refractivity contribution in [3.05, 3.63) is 70.8 Å². The van der Waals surface area contributed by atoms with Crippen molar-refractivity contribution < 1.29 is 27.6 Å². The number of aryl methyl sites for hydroxylation is 1. The second-order valence-corrected chi connectivity index (χ2v) is 10.2. The van der Waals surface area contributed by atoms with Crippen molar-refractivity contribution in [2.24, 2.45) is 11.1 Å². The Labute approximate surface area is 221 Å². The molecule has 0 spiro atoms. The van der Waals surface area contributed by atoms with E-state index in [4.69, 9.17) is 5.73 Å². The number of carbonyl (C=O) groups excluding carboxylic acids is 3. The van der Waals surface area contributed by atoms with Crippen LogP contribution < -0.4 is 21.7 Å². The Bertz CT molecular complexity index is 1110. The number of nitrogens with one attached hydrogen (secondary N) is 3. The molecule has 0 aromatic heterocycles. The minimum Gasteiger partial charge on any atom is -0.368 e. The first-order chi connectivity index (χ1) is 17.7. The number of nitrogens with two attached hydrogens (primary N) is 1. The van der Waals surface area contributed by atoms with Gasteiger partial charge in [0.1, 0.15) is 5.54 Å². The number of halogens is 3.